The highest BCUT2D eigenvalue weighted by atomic mass is 14.8. The Morgan fingerprint density at radius 1 is 1.39 bits per heavy atom. The van der Waals surface area contributed by atoms with Crippen LogP contribution in [0.5, 0.6) is 0 Å². The van der Waals surface area contributed by atoms with Gasteiger partial charge in [0.25, 0.3) is 0 Å². The number of fused-ring (bicyclic) bond motifs is 1. The van der Waals surface area contributed by atoms with Crippen LogP contribution in [0.1, 0.15) is 19.4 Å². The first-order chi connectivity index (χ1) is 11.3. The molecular formula is C20H21N3. The first kappa shape index (κ1) is 15.3. The lowest BCUT2D eigenvalue weighted by molar-refractivity contribution is 1.04. The molecule has 0 radical (unpaired) electrons. The van der Waals surface area contributed by atoms with E-state index in [9.17, 15) is 0 Å². The maximum Gasteiger partial charge on any atom is 0.0552 e. The molecule has 23 heavy (non-hydrogen) atoms. The van der Waals surface area contributed by atoms with Gasteiger partial charge in [-0.15, -0.1) is 0 Å². The fourth-order valence-corrected chi connectivity index (χ4v) is 2.92. The van der Waals surface area contributed by atoms with Gasteiger partial charge in [-0.25, -0.2) is 0 Å². The summed E-state index contributed by atoms with van der Waals surface area (Å²) in [4.78, 5) is 13.3. The minimum atomic E-state index is 0.237. The minimum Gasteiger partial charge on any atom is -0.293 e. The van der Waals surface area contributed by atoms with Crippen molar-refractivity contribution in [3.05, 3.63) is 77.3 Å². The predicted molar refractivity (Wildman–Crippen MR) is 97.0 cm³/mol. The van der Waals surface area contributed by atoms with Gasteiger partial charge in [-0.1, -0.05) is 30.4 Å². The topological polar surface area (TPSA) is 37.6 Å². The van der Waals surface area contributed by atoms with E-state index in [1.54, 1.807) is 6.20 Å². The van der Waals surface area contributed by atoms with Crippen LogP contribution in [0.3, 0.4) is 0 Å². The van der Waals surface area contributed by atoms with Crippen molar-refractivity contribution in [1.29, 1.82) is 0 Å². The average molecular weight is 303 g/mol. The van der Waals surface area contributed by atoms with Gasteiger partial charge in [0, 0.05) is 43.7 Å². The summed E-state index contributed by atoms with van der Waals surface area (Å²) in [5, 5.41) is 0. The molecule has 0 fully saturated rings. The Labute approximate surface area is 137 Å². The SMILES string of the molecule is C/C=C(\C=NCC)C1=CN=C2C(Cc3cccnc3)=CC=CC12. The van der Waals surface area contributed by atoms with Crippen LogP contribution in [0.2, 0.25) is 0 Å². The summed E-state index contributed by atoms with van der Waals surface area (Å²) < 4.78 is 0. The Morgan fingerprint density at radius 2 is 2.30 bits per heavy atom. The molecule has 1 unspecified atom stereocenters. The molecule has 1 aromatic rings. The van der Waals surface area contributed by atoms with Gasteiger partial charge < -0.3 is 0 Å². The summed E-state index contributed by atoms with van der Waals surface area (Å²) in [6.45, 7) is 4.89. The zero-order chi connectivity index (χ0) is 16.1. The highest BCUT2D eigenvalue weighted by Crippen LogP contribution is 2.33. The van der Waals surface area contributed by atoms with Crippen LogP contribution in [-0.4, -0.2) is 23.5 Å². The van der Waals surface area contributed by atoms with Gasteiger partial charge in [-0.05, 0) is 42.2 Å². The number of allylic oxidation sites excluding steroid dienone is 7. The standard InChI is InChI=1S/C20H21N3/c1-3-16(13-21-4-2)19-14-23-20-17(8-5-9-18(19)20)11-15-7-6-10-22-12-15/h3,5-10,12-14,18H,4,11H2,1-2H3/b16-3+,21-13?. The van der Waals surface area contributed by atoms with Crippen molar-refractivity contribution in [3.63, 3.8) is 0 Å². The molecule has 1 aromatic heterocycles. The molecule has 3 nitrogen and oxygen atoms in total. The van der Waals surface area contributed by atoms with Gasteiger partial charge in [0.05, 0.1) is 5.71 Å². The van der Waals surface area contributed by atoms with Crippen molar-refractivity contribution in [2.24, 2.45) is 15.9 Å². The Hall–Kier alpha value is -2.55. The number of hydrogen-bond acceptors (Lipinski definition) is 3. The van der Waals surface area contributed by atoms with Gasteiger partial charge in [0.1, 0.15) is 0 Å². The minimum absolute atomic E-state index is 0.237. The summed E-state index contributed by atoms with van der Waals surface area (Å²) in [7, 11) is 0. The Morgan fingerprint density at radius 3 is 3.04 bits per heavy atom. The number of nitrogens with zero attached hydrogens (tertiary/aromatic N) is 3. The molecule has 1 atom stereocenters. The summed E-state index contributed by atoms with van der Waals surface area (Å²) in [5.41, 5.74) is 6.01. The first-order valence-electron chi connectivity index (χ1n) is 8.04. The molecule has 0 saturated heterocycles. The van der Waals surface area contributed by atoms with Gasteiger partial charge >= 0.3 is 0 Å². The number of aromatic nitrogens is 1. The second kappa shape index (κ2) is 7.14. The van der Waals surface area contributed by atoms with E-state index in [-0.39, 0.29) is 5.92 Å². The third-order valence-corrected chi connectivity index (χ3v) is 4.08. The van der Waals surface area contributed by atoms with Crippen molar-refractivity contribution in [2.45, 2.75) is 20.3 Å². The third kappa shape index (κ3) is 3.29. The number of hydrogen-bond donors (Lipinski definition) is 0. The van der Waals surface area contributed by atoms with Gasteiger partial charge in [-0.3, -0.25) is 15.0 Å². The molecular weight excluding hydrogens is 282 g/mol. The third-order valence-electron chi connectivity index (χ3n) is 4.08. The Bertz CT molecular complexity index is 746. The lowest BCUT2D eigenvalue weighted by atomic mass is 9.83. The normalized spacial score (nSPS) is 20.3. The van der Waals surface area contributed by atoms with Gasteiger partial charge in [0.2, 0.25) is 0 Å². The predicted octanol–water partition coefficient (Wildman–Crippen LogP) is 4.11. The van der Waals surface area contributed by atoms with Crippen molar-refractivity contribution < 1.29 is 0 Å². The number of aliphatic imine (C=N–C) groups is 2. The molecule has 0 saturated carbocycles. The summed E-state index contributed by atoms with van der Waals surface area (Å²) in [5.74, 6) is 0.237. The summed E-state index contributed by atoms with van der Waals surface area (Å²) >= 11 is 0. The molecule has 1 aliphatic carbocycles. The molecule has 3 heteroatoms. The van der Waals surface area contributed by atoms with Crippen molar-refractivity contribution in [2.75, 3.05) is 6.54 Å². The van der Waals surface area contributed by atoms with Crippen LogP contribution in [0.4, 0.5) is 0 Å². The van der Waals surface area contributed by atoms with E-state index in [0.29, 0.717) is 0 Å². The number of rotatable bonds is 5. The van der Waals surface area contributed by atoms with Crippen LogP contribution in [0.25, 0.3) is 0 Å². The van der Waals surface area contributed by atoms with E-state index in [1.807, 2.05) is 31.6 Å². The smallest absolute Gasteiger partial charge is 0.0552 e. The zero-order valence-corrected chi connectivity index (χ0v) is 13.6. The molecule has 2 heterocycles. The highest BCUT2D eigenvalue weighted by Gasteiger charge is 2.28. The molecule has 2 aliphatic rings. The fraction of sp³-hybridized carbons (Fsp3) is 0.250. The Balaban J connectivity index is 1.80. The van der Waals surface area contributed by atoms with E-state index in [4.69, 9.17) is 4.99 Å². The van der Waals surface area contributed by atoms with Gasteiger partial charge in [-0.2, -0.15) is 0 Å². The zero-order valence-electron chi connectivity index (χ0n) is 13.6. The van der Waals surface area contributed by atoms with Crippen molar-refractivity contribution in [3.8, 4) is 0 Å². The molecule has 3 rings (SSSR count). The maximum atomic E-state index is 4.71. The highest BCUT2D eigenvalue weighted by molar-refractivity contribution is 6.09. The second-order valence-corrected chi connectivity index (χ2v) is 5.56. The monoisotopic (exact) mass is 303 g/mol. The van der Waals surface area contributed by atoms with Crippen LogP contribution in [0, 0.1) is 5.92 Å². The molecule has 0 N–H and O–H groups in total. The quantitative estimate of drug-likeness (QED) is 0.754. The van der Waals surface area contributed by atoms with E-state index in [0.717, 1.165) is 24.3 Å². The summed E-state index contributed by atoms with van der Waals surface area (Å²) in [6, 6.07) is 4.08. The van der Waals surface area contributed by atoms with Crippen molar-refractivity contribution >= 4 is 11.9 Å². The molecule has 0 amide bonds. The van der Waals surface area contributed by atoms with Crippen LogP contribution >= 0.6 is 0 Å². The molecule has 0 bridgehead atoms. The average Bonchev–Trinajstić information content (AvgIpc) is 3.02. The van der Waals surface area contributed by atoms with Crippen molar-refractivity contribution in [1.82, 2.24) is 4.98 Å². The lowest BCUT2D eigenvalue weighted by Crippen LogP contribution is -2.18. The van der Waals surface area contributed by atoms with E-state index in [2.05, 4.69) is 47.3 Å². The second-order valence-electron chi connectivity index (χ2n) is 5.56. The van der Waals surface area contributed by atoms with Gasteiger partial charge in [0.15, 0.2) is 0 Å². The van der Waals surface area contributed by atoms with E-state index in [1.165, 1.54) is 16.7 Å². The van der Waals surface area contributed by atoms with Crippen LogP contribution in [-0.2, 0) is 6.42 Å². The largest absolute Gasteiger partial charge is 0.293 e. The van der Waals surface area contributed by atoms with Crippen LogP contribution in [0.15, 0.2) is 81.7 Å². The molecule has 0 aromatic carbocycles. The first-order valence-corrected chi connectivity index (χ1v) is 8.04. The summed E-state index contributed by atoms with van der Waals surface area (Å²) in [6.07, 6.45) is 17.2. The van der Waals surface area contributed by atoms with Crippen LogP contribution < -0.4 is 0 Å². The number of pyridine rings is 1. The Kier molecular flexibility index (Phi) is 4.77. The van der Waals surface area contributed by atoms with E-state index < -0.39 is 0 Å². The van der Waals surface area contributed by atoms with E-state index >= 15 is 0 Å². The molecule has 116 valence electrons. The fourth-order valence-electron chi connectivity index (χ4n) is 2.92. The molecule has 0 spiro atoms. The lowest BCUT2D eigenvalue weighted by Gasteiger charge is -2.20. The molecule has 1 aliphatic heterocycles. The maximum absolute atomic E-state index is 4.71.